The summed E-state index contributed by atoms with van der Waals surface area (Å²) in [4.78, 5) is 9.58. The third kappa shape index (κ3) is 31.4. The van der Waals surface area contributed by atoms with Crippen molar-refractivity contribution in [3.8, 4) is 0 Å². The Hall–Kier alpha value is 0.940. The largest absolute Gasteiger partial charge is 0.432 e. The fourth-order valence-electron chi connectivity index (χ4n) is 1.07. The van der Waals surface area contributed by atoms with Crippen molar-refractivity contribution in [2.24, 2.45) is 0 Å². The molecule has 0 saturated heterocycles. The van der Waals surface area contributed by atoms with Crippen LogP contribution in [0.25, 0.3) is 0 Å². The fraction of sp³-hybridized carbons (Fsp3) is 1.00. The summed E-state index contributed by atoms with van der Waals surface area (Å²) >= 11 is 0. The molecule has 0 unspecified atom stereocenters. The molecule has 0 spiro atoms. The zero-order valence-electron chi connectivity index (χ0n) is 14.2. The van der Waals surface area contributed by atoms with Crippen LogP contribution in [0.3, 0.4) is 0 Å². The van der Waals surface area contributed by atoms with Gasteiger partial charge in [-0.25, -0.2) is 0 Å². The Bertz CT molecular complexity index is 118. The Morgan fingerprint density at radius 3 is 0.950 bits per heavy atom. The number of aliphatic hydroxyl groups excluding tert-OH is 2. The molecule has 4 nitrogen and oxygen atoms in total. The topological polar surface area (TPSA) is 92.2 Å². The second-order valence-corrected chi connectivity index (χ2v) is 9.01. The Morgan fingerprint density at radius 2 is 0.950 bits per heavy atom. The van der Waals surface area contributed by atoms with E-state index in [0.29, 0.717) is 13.2 Å². The first kappa shape index (κ1) is 32.8. The van der Waals surface area contributed by atoms with Crippen LogP contribution in [0.1, 0.15) is 60.3 Å². The molecule has 0 aromatic rings. The van der Waals surface area contributed by atoms with Crippen LogP contribution in [-0.4, -0.2) is 42.0 Å². The maximum atomic E-state index is 9.58. The summed E-state index contributed by atoms with van der Waals surface area (Å²) in [5.74, 6) is 0. The van der Waals surface area contributed by atoms with Crippen molar-refractivity contribution in [3.63, 3.8) is 0 Å². The summed E-state index contributed by atoms with van der Waals surface area (Å²) < 4.78 is 0. The standard InChI is InChI=1S/C6H16OSi.2C4H10O.H2O.Zr/c1-4-8(7,5-2)6-3;2*1-2-3-4-5;;/h7H,4-6H2,1-3H3;2*5H,2-4H2,1H3;1H2;. The van der Waals surface area contributed by atoms with Crippen molar-refractivity contribution in [3.05, 3.63) is 0 Å². The van der Waals surface area contributed by atoms with Gasteiger partial charge >= 0.3 is 0 Å². The van der Waals surface area contributed by atoms with E-state index in [1.165, 1.54) is 0 Å². The molecular formula is C14H38O4SiZr. The van der Waals surface area contributed by atoms with Crippen molar-refractivity contribution in [1.82, 2.24) is 0 Å². The van der Waals surface area contributed by atoms with Gasteiger partial charge in [0.15, 0.2) is 8.32 Å². The van der Waals surface area contributed by atoms with Crippen molar-refractivity contribution in [2.75, 3.05) is 13.2 Å². The molecule has 0 bridgehead atoms. The Morgan fingerprint density at radius 1 is 0.700 bits per heavy atom. The molecule has 6 heteroatoms. The van der Waals surface area contributed by atoms with E-state index < -0.39 is 8.32 Å². The van der Waals surface area contributed by atoms with Gasteiger partial charge in [-0.1, -0.05) is 47.5 Å². The van der Waals surface area contributed by atoms with Crippen LogP contribution >= 0.6 is 0 Å². The van der Waals surface area contributed by atoms with E-state index in [2.05, 4.69) is 34.6 Å². The molecule has 0 aliphatic rings. The average molecular weight is 390 g/mol. The molecule has 126 valence electrons. The van der Waals surface area contributed by atoms with Crippen LogP contribution < -0.4 is 0 Å². The number of unbranched alkanes of at least 4 members (excludes halogenated alkanes) is 2. The van der Waals surface area contributed by atoms with Crippen LogP contribution in [0.5, 0.6) is 0 Å². The van der Waals surface area contributed by atoms with Crippen molar-refractivity contribution < 1.29 is 46.7 Å². The quantitative estimate of drug-likeness (QED) is 0.584. The van der Waals surface area contributed by atoms with Gasteiger partial charge in [0.2, 0.25) is 0 Å². The van der Waals surface area contributed by atoms with Crippen molar-refractivity contribution in [2.45, 2.75) is 78.4 Å². The first-order valence-corrected chi connectivity index (χ1v) is 10.0. The molecule has 5 N–H and O–H groups in total. The summed E-state index contributed by atoms with van der Waals surface area (Å²) in [6.07, 6.45) is 4.08. The molecule has 0 atom stereocenters. The second kappa shape index (κ2) is 28.2. The first-order chi connectivity index (χ1) is 8.51. The first-order valence-electron chi connectivity index (χ1n) is 7.45. The zero-order valence-corrected chi connectivity index (χ0v) is 17.7. The molecule has 0 radical (unpaired) electrons. The molecular weight excluding hydrogens is 351 g/mol. The van der Waals surface area contributed by atoms with Crippen molar-refractivity contribution >= 4 is 8.32 Å². The molecule has 0 heterocycles. The minimum absolute atomic E-state index is 0. The van der Waals surface area contributed by atoms with Gasteiger partial charge in [0.25, 0.3) is 0 Å². The number of rotatable bonds is 7. The van der Waals surface area contributed by atoms with Gasteiger partial charge in [0.1, 0.15) is 0 Å². The smallest absolute Gasteiger partial charge is 0.187 e. The summed E-state index contributed by atoms with van der Waals surface area (Å²) in [5.41, 5.74) is 0. The van der Waals surface area contributed by atoms with Crippen LogP contribution in [-0.2, 0) is 26.2 Å². The van der Waals surface area contributed by atoms with Crippen LogP contribution in [0.2, 0.25) is 18.1 Å². The third-order valence-electron chi connectivity index (χ3n) is 3.00. The Labute approximate surface area is 146 Å². The minimum atomic E-state index is -1.67. The zero-order chi connectivity index (χ0) is 14.9. The predicted molar refractivity (Wildman–Crippen MR) is 87.0 cm³/mol. The van der Waals surface area contributed by atoms with Gasteiger partial charge in [-0.3, -0.25) is 0 Å². The van der Waals surface area contributed by atoms with E-state index >= 15 is 0 Å². The maximum Gasteiger partial charge on any atom is 0.187 e. The molecule has 0 amide bonds. The van der Waals surface area contributed by atoms with E-state index in [1.807, 2.05) is 0 Å². The molecule has 0 aromatic heterocycles. The van der Waals surface area contributed by atoms with Gasteiger partial charge in [0, 0.05) is 39.4 Å². The molecule has 0 aromatic carbocycles. The number of hydrogen-bond donors (Lipinski definition) is 3. The molecule has 0 aliphatic carbocycles. The van der Waals surface area contributed by atoms with Gasteiger partial charge in [-0.15, -0.1) is 0 Å². The van der Waals surface area contributed by atoms with E-state index in [-0.39, 0.29) is 31.7 Å². The molecule has 20 heavy (non-hydrogen) atoms. The second-order valence-electron chi connectivity index (χ2n) is 4.44. The number of aliphatic hydroxyl groups is 2. The third-order valence-corrected chi connectivity index (χ3v) is 6.95. The number of hydrogen-bond acceptors (Lipinski definition) is 3. The van der Waals surface area contributed by atoms with E-state index in [4.69, 9.17) is 10.2 Å². The van der Waals surface area contributed by atoms with Crippen LogP contribution in [0, 0.1) is 0 Å². The minimum Gasteiger partial charge on any atom is -0.432 e. The molecule has 0 rings (SSSR count). The van der Waals surface area contributed by atoms with Gasteiger partial charge in [0.05, 0.1) is 0 Å². The van der Waals surface area contributed by atoms with Gasteiger partial charge < -0.3 is 20.5 Å². The van der Waals surface area contributed by atoms with Crippen LogP contribution in [0.4, 0.5) is 0 Å². The summed E-state index contributed by atoms with van der Waals surface area (Å²) in [6.45, 7) is 11.0. The van der Waals surface area contributed by atoms with Crippen LogP contribution in [0.15, 0.2) is 0 Å². The molecule has 0 aliphatic heterocycles. The summed E-state index contributed by atoms with van der Waals surface area (Å²) in [7, 11) is -1.67. The summed E-state index contributed by atoms with van der Waals surface area (Å²) in [5, 5.41) is 16.1. The van der Waals surface area contributed by atoms with E-state index in [1.54, 1.807) is 0 Å². The monoisotopic (exact) mass is 388 g/mol. The Kier molecular flexibility index (Phi) is 46.1. The van der Waals surface area contributed by atoms with E-state index in [0.717, 1.165) is 43.8 Å². The maximum absolute atomic E-state index is 9.58. The molecule has 0 saturated carbocycles. The van der Waals surface area contributed by atoms with Gasteiger partial charge in [-0.2, -0.15) is 0 Å². The average Bonchev–Trinajstić information content (AvgIpc) is 2.41. The molecule has 0 fully saturated rings. The fourth-order valence-corrected chi connectivity index (χ4v) is 2.57. The SMILES string of the molecule is CCCCO.CCCCO.CC[Si](O)(CC)CC.O.[Zr]. The normalized spacial score (nSPS) is 9.00. The van der Waals surface area contributed by atoms with Crippen molar-refractivity contribution in [1.29, 1.82) is 0 Å². The Balaban J connectivity index is -0.0000000558. The summed E-state index contributed by atoms with van der Waals surface area (Å²) in [6, 6.07) is 3.04. The predicted octanol–water partition coefficient (Wildman–Crippen LogP) is 2.71. The van der Waals surface area contributed by atoms with Gasteiger partial charge in [-0.05, 0) is 31.0 Å². The van der Waals surface area contributed by atoms with E-state index in [9.17, 15) is 4.80 Å².